The van der Waals surface area contributed by atoms with Crippen molar-refractivity contribution < 1.29 is 48.8 Å². The Morgan fingerprint density at radius 1 is 1.07 bits per heavy atom. The highest BCUT2D eigenvalue weighted by Gasteiger charge is 2.68. The molecule has 0 radical (unpaired) electrons. The molecule has 0 saturated heterocycles. The van der Waals surface area contributed by atoms with Gasteiger partial charge in [0.1, 0.15) is 17.7 Å². The van der Waals surface area contributed by atoms with Crippen molar-refractivity contribution in [1.29, 1.82) is 0 Å². The van der Waals surface area contributed by atoms with E-state index < -0.39 is 65.3 Å². The third-order valence-electron chi connectivity index (χ3n) is 11.4. The molecule has 6 unspecified atom stereocenters. The molecule has 0 aliphatic heterocycles. The summed E-state index contributed by atoms with van der Waals surface area (Å²) in [6.45, 7) is 6.51. The molecule has 4 aliphatic carbocycles. The molecule has 12 heteroatoms. The molecule has 0 bridgehead atoms. The lowest BCUT2D eigenvalue weighted by Crippen LogP contribution is -2.62. The first-order valence-corrected chi connectivity index (χ1v) is 16.2. The molecule has 9 atom stereocenters. The molecule has 0 aromatic rings. The van der Waals surface area contributed by atoms with Crippen molar-refractivity contribution in [2.45, 2.75) is 122 Å². The van der Waals surface area contributed by atoms with Crippen molar-refractivity contribution in [3.8, 4) is 0 Å². The number of rotatable bonds is 12. The van der Waals surface area contributed by atoms with E-state index in [1.54, 1.807) is 13.0 Å². The van der Waals surface area contributed by atoms with Gasteiger partial charge in [0.15, 0.2) is 12.4 Å². The monoisotopic (exact) mass is 632 g/mol. The molecule has 250 valence electrons. The van der Waals surface area contributed by atoms with E-state index in [2.05, 4.69) is 17.6 Å². The van der Waals surface area contributed by atoms with Gasteiger partial charge in [-0.05, 0) is 81.1 Å². The summed E-state index contributed by atoms with van der Waals surface area (Å²) in [5.74, 6) is -3.77. The summed E-state index contributed by atoms with van der Waals surface area (Å²) in [4.78, 5) is 73.9. The van der Waals surface area contributed by atoms with Crippen LogP contribution in [0.5, 0.6) is 0 Å². The normalized spacial score (nSPS) is 35.1. The Kier molecular flexibility index (Phi) is 10.3. The van der Waals surface area contributed by atoms with Gasteiger partial charge in [-0.2, -0.15) is 0 Å². The third kappa shape index (κ3) is 6.58. The van der Waals surface area contributed by atoms with Crippen molar-refractivity contribution in [1.82, 2.24) is 10.6 Å². The van der Waals surface area contributed by atoms with Gasteiger partial charge >= 0.3 is 11.9 Å². The number of fused-ring (bicyclic) bond motifs is 5. The minimum absolute atomic E-state index is 0.0119. The number of esters is 1. The molecule has 0 spiro atoms. The van der Waals surface area contributed by atoms with Gasteiger partial charge in [0.25, 0.3) is 0 Å². The van der Waals surface area contributed by atoms with Gasteiger partial charge in [-0.3, -0.25) is 24.0 Å². The molecule has 0 aromatic heterocycles. The lowest BCUT2D eigenvalue weighted by atomic mass is 9.45. The van der Waals surface area contributed by atoms with Gasteiger partial charge in [-0.15, -0.1) is 0 Å². The number of aliphatic carboxylic acids is 1. The number of carbonyl (C=O) groups is 6. The van der Waals surface area contributed by atoms with Gasteiger partial charge in [0, 0.05) is 18.3 Å². The van der Waals surface area contributed by atoms with E-state index in [-0.39, 0.29) is 61.1 Å². The van der Waals surface area contributed by atoms with Crippen LogP contribution in [0, 0.1) is 28.6 Å². The number of ether oxygens (including phenoxy) is 1. The maximum absolute atomic E-state index is 13.4. The molecule has 5 N–H and O–H groups in total. The predicted molar refractivity (Wildman–Crippen MR) is 160 cm³/mol. The molecule has 3 fully saturated rings. The maximum Gasteiger partial charge on any atom is 0.326 e. The topological polar surface area (TPSA) is 196 Å². The SMILES string of the molecule is CCCC(NC(=O)C(C)NC(=O)CCC(=O)OCC(=O)[C@@]1(O)CCC2C3CCC4=CC(=O)CC[C@]4(C)C3C(O)C[C@@]21C)C(=O)O. The molecular formula is C33H48N2O10. The van der Waals surface area contributed by atoms with E-state index >= 15 is 0 Å². The first kappa shape index (κ1) is 34.7. The largest absolute Gasteiger partial charge is 0.480 e. The van der Waals surface area contributed by atoms with Crippen LogP contribution in [-0.2, 0) is 33.5 Å². The zero-order chi connectivity index (χ0) is 33.3. The average Bonchev–Trinajstić information content (AvgIpc) is 3.25. The molecule has 2 amide bonds. The maximum atomic E-state index is 13.4. The molecular weight excluding hydrogens is 584 g/mol. The lowest BCUT2D eigenvalue weighted by Gasteiger charge is -2.60. The predicted octanol–water partition coefficient (Wildman–Crippen LogP) is 1.99. The van der Waals surface area contributed by atoms with Crippen molar-refractivity contribution >= 4 is 35.3 Å². The summed E-state index contributed by atoms with van der Waals surface area (Å²) in [6, 6.07) is -2.10. The number of aliphatic hydroxyl groups is 2. The highest BCUT2D eigenvalue weighted by Crippen LogP contribution is 2.67. The summed E-state index contributed by atoms with van der Waals surface area (Å²) in [5, 5.41) is 37.3. The molecule has 45 heavy (non-hydrogen) atoms. The van der Waals surface area contributed by atoms with Crippen LogP contribution in [0.15, 0.2) is 11.6 Å². The number of aliphatic hydroxyl groups excluding tert-OH is 1. The second-order valence-corrected chi connectivity index (χ2v) is 14.0. The summed E-state index contributed by atoms with van der Waals surface area (Å²) in [5.41, 5.74) is -1.88. The van der Waals surface area contributed by atoms with E-state index in [1.165, 1.54) is 6.92 Å². The number of carboxylic acid groups (broad SMARTS) is 1. The van der Waals surface area contributed by atoms with Gasteiger partial charge in [-0.25, -0.2) is 4.79 Å². The molecule has 0 aromatic carbocycles. The number of amides is 2. The fraction of sp³-hybridized carbons (Fsp3) is 0.758. The summed E-state index contributed by atoms with van der Waals surface area (Å²) in [6.07, 6.45) is 4.80. The fourth-order valence-corrected chi connectivity index (χ4v) is 8.93. The minimum atomic E-state index is -1.78. The van der Waals surface area contributed by atoms with E-state index in [0.29, 0.717) is 25.7 Å². The number of hydrogen-bond donors (Lipinski definition) is 5. The Bertz CT molecular complexity index is 1260. The third-order valence-corrected chi connectivity index (χ3v) is 11.4. The Morgan fingerprint density at radius 2 is 1.78 bits per heavy atom. The Balaban J connectivity index is 1.30. The van der Waals surface area contributed by atoms with Crippen LogP contribution in [0.2, 0.25) is 0 Å². The molecule has 12 nitrogen and oxygen atoms in total. The van der Waals surface area contributed by atoms with E-state index in [4.69, 9.17) is 4.74 Å². The molecule has 0 heterocycles. The number of Topliss-reactive ketones (excluding diaryl/α,β-unsaturated/α-hetero) is 1. The smallest absolute Gasteiger partial charge is 0.326 e. The number of nitrogens with one attached hydrogen (secondary N) is 2. The van der Waals surface area contributed by atoms with Crippen LogP contribution in [0.3, 0.4) is 0 Å². The highest BCUT2D eigenvalue weighted by atomic mass is 16.5. The van der Waals surface area contributed by atoms with Crippen molar-refractivity contribution in [2.75, 3.05) is 6.61 Å². The van der Waals surface area contributed by atoms with Crippen molar-refractivity contribution in [3.63, 3.8) is 0 Å². The fourth-order valence-electron chi connectivity index (χ4n) is 8.93. The Hall–Kier alpha value is -3.12. The van der Waals surface area contributed by atoms with Crippen LogP contribution in [-0.4, -0.2) is 81.0 Å². The zero-order valence-electron chi connectivity index (χ0n) is 26.7. The lowest BCUT2D eigenvalue weighted by molar-refractivity contribution is -0.184. The van der Waals surface area contributed by atoms with E-state index in [9.17, 15) is 44.1 Å². The van der Waals surface area contributed by atoms with E-state index in [0.717, 1.165) is 18.4 Å². The number of ketones is 2. The average molecular weight is 633 g/mol. The van der Waals surface area contributed by atoms with E-state index in [1.807, 2.05) is 6.92 Å². The van der Waals surface area contributed by atoms with Crippen LogP contribution >= 0.6 is 0 Å². The Morgan fingerprint density at radius 3 is 2.44 bits per heavy atom. The molecule has 4 rings (SSSR count). The number of carbonyl (C=O) groups excluding carboxylic acids is 5. The Labute approximate surface area is 263 Å². The second-order valence-electron chi connectivity index (χ2n) is 14.0. The summed E-state index contributed by atoms with van der Waals surface area (Å²) in [7, 11) is 0. The minimum Gasteiger partial charge on any atom is -0.480 e. The first-order valence-electron chi connectivity index (χ1n) is 16.2. The van der Waals surface area contributed by atoms with Gasteiger partial charge in [-0.1, -0.05) is 32.8 Å². The van der Waals surface area contributed by atoms with Crippen LogP contribution in [0.25, 0.3) is 0 Å². The molecule has 3 saturated carbocycles. The number of allylic oxidation sites excluding steroid dienone is 1. The number of hydrogen-bond acceptors (Lipinski definition) is 9. The van der Waals surface area contributed by atoms with Gasteiger partial charge in [0.2, 0.25) is 17.6 Å². The van der Waals surface area contributed by atoms with Crippen LogP contribution in [0.4, 0.5) is 0 Å². The number of carboxylic acids is 1. The van der Waals surface area contributed by atoms with Crippen molar-refractivity contribution in [3.05, 3.63) is 11.6 Å². The summed E-state index contributed by atoms with van der Waals surface area (Å²) < 4.78 is 5.17. The van der Waals surface area contributed by atoms with Gasteiger partial charge in [0.05, 0.1) is 12.5 Å². The standard InChI is InChI=1S/C33H48N2O10/c1-5-6-23(30(42)43)35-29(41)18(2)34-26(39)9-10-27(40)45-17-25(38)33(44)14-12-22-21-8-7-19-15-20(36)11-13-31(19,3)28(21)24(37)16-32(22,33)4/h15,18,21-24,28,37,44H,5-14,16-17H2,1-4H3,(H,34,39)(H,35,41)(H,42,43)/t18?,21?,22?,23?,24?,28?,31-,32-,33-/m0/s1. The quantitative estimate of drug-likeness (QED) is 0.198. The second kappa shape index (κ2) is 13.3. The van der Waals surface area contributed by atoms with Crippen LogP contribution < -0.4 is 10.6 Å². The molecule has 4 aliphatic rings. The van der Waals surface area contributed by atoms with Gasteiger partial charge < -0.3 is 30.7 Å². The zero-order valence-corrected chi connectivity index (χ0v) is 26.7. The first-order chi connectivity index (χ1) is 21.1. The van der Waals surface area contributed by atoms with Crippen molar-refractivity contribution in [2.24, 2.45) is 28.6 Å². The van der Waals surface area contributed by atoms with Crippen LogP contribution in [0.1, 0.15) is 98.3 Å². The highest BCUT2D eigenvalue weighted by molar-refractivity contribution is 5.93. The summed E-state index contributed by atoms with van der Waals surface area (Å²) >= 11 is 0.